The third-order valence-corrected chi connectivity index (χ3v) is 1.53. The zero-order valence-electron chi connectivity index (χ0n) is 7.22. The van der Waals surface area contributed by atoms with Crippen molar-refractivity contribution in [1.82, 2.24) is 5.32 Å². The maximum atomic E-state index is 8.78. The lowest BCUT2D eigenvalue weighted by Crippen LogP contribution is -2.34. The molecule has 0 amide bonds. The van der Waals surface area contributed by atoms with E-state index in [9.17, 15) is 0 Å². The molecule has 0 aliphatic carbocycles. The van der Waals surface area contributed by atoms with Crippen molar-refractivity contribution in [3.05, 3.63) is 0 Å². The molecule has 0 saturated carbocycles. The van der Waals surface area contributed by atoms with E-state index in [-0.39, 0.29) is 6.61 Å². The molecule has 0 aromatic rings. The van der Waals surface area contributed by atoms with Gasteiger partial charge in [0.2, 0.25) is 0 Å². The van der Waals surface area contributed by atoms with Gasteiger partial charge >= 0.3 is 0 Å². The highest BCUT2D eigenvalue weighted by molar-refractivity contribution is 4.63. The normalized spacial score (nSPS) is 14.1. The number of rotatable bonds is 5. The van der Waals surface area contributed by atoms with Crippen molar-refractivity contribution in [2.45, 2.75) is 33.2 Å². The van der Waals surface area contributed by atoms with E-state index in [4.69, 9.17) is 5.11 Å². The number of hydrogen-bond acceptors (Lipinski definition) is 2. The molecule has 1 atom stereocenters. The summed E-state index contributed by atoms with van der Waals surface area (Å²) < 4.78 is 0. The summed E-state index contributed by atoms with van der Waals surface area (Å²) >= 11 is 0. The van der Waals surface area contributed by atoms with Crippen molar-refractivity contribution in [2.75, 3.05) is 13.2 Å². The van der Waals surface area contributed by atoms with Crippen LogP contribution in [0.4, 0.5) is 0 Å². The van der Waals surface area contributed by atoms with Gasteiger partial charge in [0.1, 0.15) is 0 Å². The molecule has 0 aromatic heterocycles. The number of aliphatic hydroxyl groups excluding tert-OH is 1. The molecule has 2 heteroatoms. The molecule has 0 unspecified atom stereocenters. The molecule has 10 heavy (non-hydrogen) atoms. The van der Waals surface area contributed by atoms with Crippen molar-refractivity contribution >= 4 is 0 Å². The summed E-state index contributed by atoms with van der Waals surface area (Å²) in [6.45, 7) is 7.66. The van der Waals surface area contributed by atoms with Crippen LogP contribution in [-0.2, 0) is 0 Å². The van der Waals surface area contributed by atoms with Crippen LogP contribution in [-0.4, -0.2) is 24.3 Å². The van der Waals surface area contributed by atoms with Gasteiger partial charge in [-0.05, 0) is 18.9 Å². The average molecular weight is 145 g/mol. The summed E-state index contributed by atoms with van der Waals surface area (Å²) in [6.07, 6.45) is 1.00. The lowest BCUT2D eigenvalue weighted by Gasteiger charge is -2.15. The van der Waals surface area contributed by atoms with Crippen molar-refractivity contribution in [1.29, 1.82) is 0 Å². The third-order valence-electron chi connectivity index (χ3n) is 1.53. The van der Waals surface area contributed by atoms with Crippen LogP contribution in [0.2, 0.25) is 0 Å². The molecule has 0 radical (unpaired) electrons. The van der Waals surface area contributed by atoms with Crippen LogP contribution < -0.4 is 5.32 Å². The SMILES string of the molecule is CC[C@@H](CO)NCC(C)C. The molecule has 2 nitrogen and oxygen atoms in total. The topological polar surface area (TPSA) is 32.3 Å². The smallest absolute Gasteiger partial charge is 0.0584 e. The second-order valence-corrected chi connectivity index (χ2v) is 3.09. The van der Waals surface area contributed by atoms with Gasteiger partial charge in [0.05, 0.1) is 6.61 Å². The highest BCUT2D eigenvalue weighted by atomic mass is 16.3. The van der Waals surface area contributed by atoms with Crippen molar-refractivity contribution < 1.29 is 5.11 Å². The molecular weight excluding hydrogens is 126 g/mol. The van der Waals surface area contributed by atoms with Crippen molar-refractivity contribution in [3.63, 3.8) is 0 Å². The zero-order chi connectivity index (χ0) is 7.98. The Kier molecular flexibility index (Phi) is 5.64. The van der Waals surface area contributed by atoms with Gasteiger partial charge in [0.15, 0.2) is 0 Å². The van der Waals surface area contributed by atoms with E-state index >= 15 is 0 Å². The largest absolute Gasteiger partial charge is 0.395 e. The van der Waals surface area contributed by atoms with E-state index < -0.39 is 0 Å². The lowest BCUT2D eigenvalue weighted by atomic mass is 10.2. The van der Waals surface area contributed by atoms with Gasteiger partial charge < -0.3 is 10.4 Å². The monoisotopic (exact) mass is 145 g/mol. The van der Waals surface area contributed by atoms with Crippen molar-refractivity contribution in [3.8, 4) is 0 Å². The summed E-state index contributed by atoms with van der Waals surface area (Å²) in [5, 5.41) is 12.0. The summed E-state index contributed by atoms with van der Waals surface area (Å²) in [5.74, 6) is 0.667. The van der Waals surface area contributed by atoms with Crippen LogP contribution in [0.3, 0.4) is 0 Å². The number of nitrogens with one attached hydrogen (secondary N) is 1. The van der Waals surface area contributed by atoms with Crippen LogP contribution in [0.15, 0.2) is 0 Å². The molecule has 0 aliphatic heterocycles. The van der Waals surface area contributed by atoms with E-state index in [1.807, 2.05) is 0 Å². The third kappa shape index (κ3) is 4.77. The molecular formula is C8H19NO. The van der Waals surface area contributed by atoms with E-state index in [1.165, 1.54) is 0 Å². The first-order valence-electron chi connectivity index (χ1n) is 4.05. The Bertz CT molecular complexity index is 69.7. The van der Waals surface area contributed by atoms with Crippen LogP contribution in [0.1, 0.15) is 27.2 Å². The Morgan fingerprint density at radius 2 is 2.00 bits per heavy atom. The summed E-state index contributed by atoms with van der Waals surface area (Å²) in [6, 6.07) is 0.294. The molecule has 0 heterocycles. The highest BCUT2D eigenvalue weighted by Gasteiger charge is 2.02. The Labute approximate surface area is 63.6 Å². The Hall–Kier alpha value is -0.0800. The van der Waals surface area contributed by atoms with Gasteiger partial charge in [-0.15, -0.1) is 0 Å². The second kappa shape index (κ2) is 5.69. The quantitative estimate of drug-likeness (QED) is 0.605. The number of aliphatic hydroxyl groups is 1. The van der Waals surface area contributed by atoms with Crippen molar-refractivity contribution in [2.24, 2.45) is 5.92 Å². The number of hydrogen-bond donors (Lipinski definition) is 2. The Morgan fingerprint density at radius 3 is 2.30 bits per heavy atom. The van der Waals surface area contributed by atoms with E-state index in [1.54, 1.807) is 0 Å². The van der Waals surface area contributed by atoms with Gasteiger partial charge in [-0.1, -0.05) is 20.8 Å². The fourth-order valence-corrected chi connectivity index (χ4v) is 0.740. The zero-order valence-corrected chi connectivity index (χ0v) is 7.22. The van der Waals surface area contributed by atoms with Gasteiger partial charge in [0, 0.05) is 6.04 Å². The fraction of sp³-hybridized carbons (Fsp3) is 1.00. The van der Waals surface area contributed by atoms with Crippen LogP contribution in [0.5, 0.6) is 0 Å². The predicted molar refractivity (Wildman–Crippen MR) is 44.0 cm³/mol. The van der Waals surface area contributed by atoms with Gasteiger partial charge in [-0.2, -0.15) is 0 Å². The highest BCUT2D eigenvalue weighted by Crippen LogP contribution is 1.92. The van der Waals surface area contributed by atoms with Crippen LogP contribution in [0, 0.1) is 5.92 Å². The maximum Gasteiger partial charge on any atom is 0.0584 e. The standard InChI is InChI=1S/C8H19NO/c1-4-8(6-10)9-5-7(2)3/h7-10H,4-6H2,1-3H3/t8-/m0/s1. The first kappa shape index (κ1) is 9.92. The second-order valence-electron chi connectivity index (χ2n) is 3.09. The Balaban J connectivity index is 3.26. The minimum atomic E-state index is 0.253. The lowest BCUT2D eigenvalue weighted by molar-refractivity contribution is 0.235. The molecule has 0 bridgehead atoms. The van der Waals surface area contributed by atoms with E-state index in [0.717, 1.165) is 13.0 Å². The van der Waals surface area contributed by atoms with Crippen LogP contribution in [0.25, 0.3) is 0 Å². The Morgan fingerprint density at radius 1 is 1.40 bits per heavy atom. The van der Waals surface area contributed by atoms with E-state index in [2.05, 4.69) is 26.1 Å². The predicted octanol–water partition coefficient (Wildman–Crippen LogP) is 1.00. The van der Waals surface area contributed by atoms with Gasteiger partial charge in [-0.25, -0.2) is 0 Å². The summed E-state index contributed by atoms with van der Waals surface area (Å²) in [7, 11) is 0. The molecule has 0 aromatic carbocycles. The van der Waals surface area contributed by atoms with Gasteiger partial charge in [0.25, 0.3) is 0 Å². The molecule has 0 aliphatic rings. The van der Waals surface area contributed by atoms with Gasteiger partial charge in [-0.3, -0.25) is 0 Å². The maximum absolute atomic E-state index is 8.78. The minimum absolute atomic E-state index is 0.253. The first-order valence-corrected chi connectivity index (χ1v) is 4.05. The van der Waals surface area contributed by atoms with E-state index in [0.29, 0.717) is 12.0 Å². The minimum Gasteiger partial charge on any atom is -0.395 e. The van der Waals surface area contributed by atoms with Crippen LogP contribution >= 0.6 is 0 Å². The molecule has 0 saturated heterocycles. The first-order chi connectivity index (χ1) is 4.70. The summed E-state index contributed by atoms with van der Waals surface area (Å²) in [5.41, 5.74) is 0. The molecule has 62 valence electrons. The fourth-order valence-electron chi connectivity index (χ4n) is 0.740. The summed E-state index contributed by atoms with van der Waals surface area (Å²) in [4.78, 5) is 0. The molecule has 2 N–H and O–H groups in total. The molecule has 0 rings (SSSR count). The molecule has 0 fully saturated rings. The molecule has 0 spiro atoms. The average Bonchev–Trinajstić information content (AvgIpc) is 1.90.